The predicted molar refractivity (Wildman–Crippen MR) is 63.3 cm³/mol. The molecule has 0 unspecified atom stereocenters. The van der Waals surface area contributed by atoms with E-state index in [1.807, 2.05) is 0 Å². The van der Waals surface area contributed by atoms with Gasteiger partial charge >= 0.3 is 0 Å². The monoisotopic (exact) mass is 246 g/mol. The zero-order valence-electron chi connectivity index (χ0n) is 8.09. The molecule has 0 aliphatic heterocycles. The number of amides is 1. The number of halogens is 2. The van der Waals surface area contributed by atoms with E-state index in [1.54, 1.807) is 18.2 Å². The van der Waals surface area contributed by atoms with Gasteiger partial charge in [0, 0.05) is 29.6 Å². The van der Waals surface area contributed by atoms with Gasteiger partial charge in [-0.2, -0.15) is 0 Å². The fourth-order valence-electron chi connectivity index (χ4n) is 1.15. The zero-order valence-corrected chi connectivity index (χ0v) is 9.61. The topological polar surface area (TPSA) is 55.1 Å². The van der Waals surface area contributed by atoms with Gasteiger partial charge in [0.1, 0.15) is 0 Å². The molecule has 0 aromatic heterocycles. The maximum atomic E-state index is 11.3. The van der Waals surface area contributed by atoms with Crippen molar-refractivity contribution < 1.29 is 4.79 Å². The Balaban J connectivity index is 2.80. The summed E-state index contributed by atoms with van der Waals surface area (Å²) in [6.07, 6.45) is 0.286. The largest absolute Gasteiger partial charge is 0.326 e. The highest BCUT2D eigenvalue weighted by Gasteiger charge is 2.05. The van der Waals surface area contributed by atoms with Crippen molar-refractivity contribution in [2.75, 3.05) is 11.2 Å². The van der Waals surface area contributed by atoms with E-state index in [0.29, 0.717) is 23.1 Å². The van der Waals surface area contributed by atoms with Crippen LogP contribution in [-0.2, 0) is 11.3 Å². The van der Waals surface area contributed by atoms with Gasteiger partial charge in [-0.3, -0.25) is 4.79 Å². The highest BCUT2D eigenvalue weighted by Crippen LogP contribution is 2.20. The molecule has 3 N–H and O–H groups in total. The lowest BCUT2D eigenvalue weighted by atomic mass is 10.1. The fraction of sp³-hybridized carbons (Fsp3) is 0.300. The van der Waals surface area contributed by atoms with Gasteiger partial charge in [-0.15, -0.1) is 11.6 Å². The van der Waals surface area contributed by atoms with Gasteiger partial charge in [0.2, 0.25) is 5.91 Å². The number of nitrogens with two attached hydrogens (primary N) is 1. The van der Waals surface area contributed by atoms with Gasteiger partial charge in [0.25, 0.3) is 0 Å². The van der Waals surface area contributed by atoms with Gasteiger partial charge in [0.15, 0.2) is 0 Å². The number of alkyl halides is 1. The number of benzene rings is 1. The first-order valence-corrected chi connectivity index (χ1v) is 5.43. The van der Waals surface area contributed by atoms with E-state index in [1.165, 1.54) is 0 Å². The molecule has 0 bridgehead atoms. The van der Waals surface area contributed by atoms with Crippen molar-refractivity contribution in [1.29, 1.82) is 0 Å². The molecule has 5 heteroatoms. The van der Waals surface area contributed by atoms with Crippen LogP contribution >= 0.6 is 23.2 Å². The summed E-state index contributed by atoms with van der Waals surface area (Å²) in [7, 11) is 0. The van der Waals surface area contributed by atoms with Crippen molar-refractivity contribution in [2.24, 2.45) is 5.73 Å². The van der Waals surface area contributed by atoms with Gasteiger partial charge in [-0.1, -0.05) is 11.6 Å². The highest BCUT2D eigenvalue weighted by molar-refractivity contribution is 6.30. The van der Waals surface area contributed by atoms with E-state index in [0.717, 1.165) is 5.56 Å². The second-order valence-corrected chi connectivity index (χ2v) is 3.81. The molecule has 1 amide bonds. The smallest absolute Gasteiger partial charge is 0.225 e. The van der Waals surface area contributed by atoms with Crippen LogP contribution in [0.4, 0.5) is 5.69 Å². The first kappa shape index (κ1) is 12.3. The number of anilines is 1. The van der Waals surface area contributed by atoms with Crippen molar-refractivity contribution in [3.8, 4) is 0 Å². The quantitative estimate of drug-likeness (QED) is 0.802. The highest BCUT2D eigenvalue weighted by atomic mass is 35.5. The molecule has 82 valence electrons. The number of hydrogen-bond acceptors (Lipinski definition) is 2. The molecule has 0 radical (unpaired) electrons. The van der Waals surface area contributed by atoms with Crippen molar-refractivity contribution >= 4 is 34.8 Å². The molecule has 15 heavy (non-hydrogen) atoms. The van der Waals surface area contributed by atoms with Gasteiger partial charge < -0.3 is 11.1 Å². The number of carbonyl (C=O) groups excluding carboxylic acids is 1. The molecule has 0 saturated heterocycles. The van der Waals surface area contributed by atoms with E-state index < -0.39 is 0 Å². The van der Waals surface area contributed by atoms with Crippen LogP contribution in [0.2, 0.25) is 5.02 Å². The molecule has 0 saturated carbocycles. The second kappa shape index (κ2) is 5.95. The van der Waals surface area contributed by atoms with E-state index in [2.05, 4.69) is 5.32 Å². The van der Waals surface area contributed by atoms with Crippen LogP contribution in [0.15, 0.2) is 18.2 Å². The van der Waals surface area contributed by atoms with Gasteiger partial charge in [-0.05, 0) is 23.8 Å². The molecule has 0 fully saturated rings. The minimum atomic E-state index is -0.123. The van der Waals surface area contributed by atoms with Crippen molar-refractivity contribution in [1.82, 2.24) is 0 Å². The Morgan fingerprint density at radius 2 is 2.20 bits per heavy atom. The number of nitrogens with one attached hydrogen (secondary N) is 1. The molecule has 1 aromatic rings. The Labute approximate surface area is 98.5 Å². The van der Waals surface area contributed by atoms with Crippen LogP contribution in [0.25, 0.3) is 0 Å². The summed E-state index contributed by atoms with van der Waals surface area (Å²) >= 11 is 11.3. The third-order valence-electron chi connectivity index (χ3n) is 1.88. The first-order valence-electron chi connectivity index (χ1n) is 4.51. The van der Waals surface area contributed by atoms with E-state index in [4.69, 9.17) is 28.9 Å². The number of hydrogen-bond donors (Lipinski definition) is 2. The Morgan fingerprint density at radius 1 is 1.47 bits per heavy atom. The maximum absolute atomic E-state index is 11.3. The zero-order chi connectivity index (χ0) is 11.3. The standard InChI is InChI=1S/C10H12Cl2N2O/c11-4-3-10(15)14-9-2-1-8(12)5-7(9)6-13/h1-2,5H,3-4,6,13H2,(H,14,15). The SMILES string of the molecule is NCc1cc(Cl)ccc1NC(=O)CCCl. The van der Waals surface area contributed by atoms with Crippen molar-refractivity contribution in [2.45, 2.75) is 13.0 Å². The molecular formula is C10H12Cl2N2O. The van der Waals surface area contributed by atoms with Gasteiger partial charge in [-0.25, -0.2) is 0 Å². The summed E-state index contributed by atoms with van der Waals surface area (Å²) in [4.78, 5) is 11.3. The predicted octanol–water partition coefficient (Wildman–Crippen LogP) is 2.37. The molecule has 0 atom stereocenters. The van der Waals surface area contributed by atoms with Crippen LogP contribution in [0.1, 0.15) is 12.0 Å². The number of rotatable bonds is 4. The van der Waals surface area contributed by atoms with Crippen LogP contribution < -0.4 is 11.1 Å². The molecule has 0 aliphatic carbocycles. The minimum Gasteiger partial charge on any atom is -0.326 e. The Hall–Kier alpha value is -0.770. The summed E-state index contributed by atoms with van der Waals surface area (Å²) in [5.74, 6) is 0.180. The second-order valence-electron chi connectivity index (χ2n) is 2.99. The molecule has 3 nitrogen and oxygen atoms in total. The average Bonchev–Trinajstić information content (AvgIpc) is 2.21. The molecule has 1 rings (SSSR count). The molecule has 1 aromatic carbocycles. The molecular weight excluding hydrogens is 235 g/mol. The lowest BCUT2D eigenvalue weighted by molar-refractivity contribution is -0.115. The average molecular weight is 247 g/mol. The van der Waals surface area contributed by atoms with E-state index >= 15 is 0 Å². The van der Waals surface area contributed by atoms with Crippen LogP contribution in [0.3, 0.4) is 0 Å². The summed E-state index contributed by atoms with van der Waals surface area (Å²) in [5, 5.41) is 3.33. The van der Waals surface area contributed by atoms with Crippen molar-refractivity contribution in [3.63, 3.8) is 0 Å². The Morgan fingerprint density at radius 3 is 2.80 bits per heavy atom. The minimum absolute atomic E-state index is 0.123. The third-order valence-corrected chi connectivity index (χ3v) is 2.31. The van der Waals surface area contributed by atoms with E-state index in [-0.39, 0.29) is 12.3 Å². The Bertz CT molecular complexity index is 355. The molecule has 0 heterocycles. The summed E-state index contributed by atoms with van der Waals surface area (Å²) in [6, 6.07) is 5.17. The number of carbonyl (C=O) groups is 1. The van der Waals surface area contributed by atoms with Crippen LogP contribution in [0.5, 0.6) is 0 Å². The van der Waals surface area contributed by atoms with E-state index in [9.17, 15) is 4.79 Å². The fourth-order valence-corrected chi connectivity index (χ4v) is 1.52. The maximum Gasteiger partial charge on any atom is 0.225 e. The summed E-state index contributed by atoms with van der Waals surface area (Å²) < 4.78 is 0. The first-order chi connectivity index (χ1) is 7.17. The van der Waals surface area contributed by atoms with Crippen LogP contribution in [-0.4, -0.2) is 11.8 Å². The summed E-state index contributed by atoms with van der Waals surface area (Å²) in [6.45, 7) is 0.330. The van der Waals surface area contributed by atoms with Crippen molar-refractivity contribution in [3.05, 3.63) is 28.8 Å². The van der Waals surface area contributed by atoms with Crippen LogP contribution in [0, 0.1) is 0 Å². The Kier molecular flexibility index (Phi) is 4.88. The van der Waals surface area contributed by atoms with Gasteiger partial charge in [0.05, 0.1) is 0 Å². The normalized spacial score (nSPS) is 10.1. The molecule has 0 aliphatic rings. The lowest BCUT2D eigenvalue weighted by Crippen LogP contribution is -2.14. The summed E-state index contributed by atoms with van der Waals surface area (Å²) in [5.41, 5.74) is 7.04. The third kappa shape index (κ3) is 3.70. The lowest BCUT2D eigenvalue weighted by Gasteiger charge is -2.09. The molecule has 0 spiro atoms.